The highest BCUT2D eigenvalue weighted by molar-refractivity contribution is 8.13. The van der Waals surface area contributed by atoms with E-state index < -0.39 is 96.5 Å². The van der Waals surface area contributed by atoms with Gasteiger partial charge in [-0.3, -0.25) is 42.1 Å². The summed E-state index contributed by atoms with van der Waals surface area (Å²) in [5, 5.41) is 31.2. The largest absolute Gasteiger partial charge is 0.481 e. The minimum Gasteiger partial charge on any atom is -0.386 e. The molecule has 0 bridgehead atoms. The molecular weight excluding hydrogens is 1010 g/mol. The van der Waals surface area contributed by atoms with Gasteiger partial charge in [-0.25, -0.2) is 28.6 Å². The summed E-state index contributed by atoms with van der Waals surface area (Å²) >= 11 is 0.859. The van der Waals surface area contributed by atoms with Gasteiger partial charge in [0.05, 0.1) is 26.1 Å². The van der Waals surface area contributed by atoms with Crippen LogP contribution in [0.4, 0.5) is 5.82 Å². The van der Waals surface area contributed by atoms with Gasteiger partial charge < -0.3 is 61.5 Å². The molecule has 12 N–H and O–H groups in total. The highest BCUT2D eigenvalue weighted by Crippen LogP contribution is 2.61. The summed E-state index contributed by atoms with van der Waals surface area (Å²) in [6.45, 7) is 3.59. The number of carbonyl (C=O) groups is 5. The number of phosphoric acid groups is 3. The van der Waals surface area contributed by atoms with Gasteiger partial charge in [-0.1, -0.05) is 83.9 Å². The second-order valence-corrected chi connectivity index (χ2v) is 22.3. The number of nitrogens with zero attached hydrogens (tertiary/aromatic N) is 4. The van der Waals surface area contributed by atoms with Crippen LogP contribution in [-0.2, 0) is 60.3 Å². The molecule has 2 aromatic rings. The number of fused-ring (bicyclic) bond motifs is 1. The Kier molecular flexibility index (Phi) is 24.9. The molecule has 398 valence electrons. The van der Waals surface area contributed by atoms with E-state index >= 15 is 0 Å². The van der Waals surface area contributed by atoms with Crippen molar-refractivity contribution in [1.82, 2.24) is 40.8 Å². The van der Waals surface area contributed by atoms with Crippen LogP contribution in [0.5, 0.6) is 0 Å². The van der Waals surface area contributed by atoms with Gasteiger partial charge in [-0.05, 0) is 13.3 Å². The van der Waals surface area contributed by atoms with E-state index in [0.29, 0.717) is 6.42 Å². The number of unbranched alkanes of at least 4 members (excludes halogenated alkanes) is 8. The third-order valence-electron chi connectivity index (χ3n) is 10.4. The summed E-state index contributed by atoms with van der Waals surface area (Å²) < 4.78 is 62.4. The van der Waals surface area contributed by atoms with E-state index in [1.54, 1.807) is 0 Å². The number of aromatic nitrogens is 4. The molecule has 3 heterocycles. The molecular formula is C38H66N9O19P3S. The van der Waals surface area contributed by atoms with Crippen molar-refractivity contribution in [2.24, 2.45) is 5.41 Å². The minimum atomic E-state index is -5.61. The van der Waals surface area contributed by atoms with Crippen LogP contribution >= 0.6 is 35.2 Å². The van der Waals surface area contributed by atoms with Gasteiger partial charge in [-0.2, -0.15) is 4.31 Å². The van der Waals surface area contributed by atoms with Crippen molar-refractivity contribution >= 4 is 81.0 Å². The molecule has 8 atom stereocenters. The number of hydrogen-bond donors (Lipinski definition) is 11. The van der Waals surface area contributed by atoms with E-state index in [-0.39, 0.29) is 59.8 Å². The van der Waals surface area contributed by atoms with Crippen LogP contribution in [-0.4, -0.2) is 147 Å². The first-order valence-corrected chi connectivity index (χ1v) is 27.9. The van der Waals surface area contributed by atoms with E-state index in [1.807, 2.05) is 0 Å². The number of ether oxygens (including phenoxy) is 1. The number of rotatable bonds is 33. The summed E-state index contributed by atoms with van der Waals surface area (Å²) in [4.78, 5) is 113. The Bertz CT molecular complexity index is 2200. The molecule has 2 unspecified atom stereocenters. The fraction of sp³-hybridized carbons (Fsp3) is 0.737. The molecule has 70 heavy (non-hydrogen) atoms. The van der Waals surface area contributed by atoms with Gasteiger partial charge in [0.15, 0.2) is 17.7 Å². The number of aliphatic hydroxyl groups excluding tert-OH is 2. The van der Waals surface area contributed by atoms with E-state index in [9.17, 15) is 67.5 Å². The van der Waals surface area contributed by atoms with Gasteiger partial charge in [0.25, 0.3) is 0 Å². The van der Waals surface area contributed by atoms with Crippen LogP contribution in [0.3, 0.4) is 0 Å². The Balaban J connectivity index is 1.33. The first-order valence-electron chi connectivity index (χ1n) is 22.4. The fourth-order valence-corrected chi connectivity index (χ4v) is 10.1. The maximum Gasteiger partial charge on any atom is 0.481 e. The summed E-state index contributed by atoms with van der Waals surface area (Å²) in [7, 11) is -16.5. The van der Waals surface area contributed by atoms with Crippen molar-refractivity contribution in [2.45, 2.75) is 135 Å². The van der Waals surface area contributed by atoms with Crippen LogP contribution in [0.1, 0.15) is 105 Å². The number of amides is 4. The number of imidazole rings is 1. The number of thioether (sulfide) groups is 1. The number of nitrogens with one attached hydrogen (secondary N) is 4. The number of aliphatic hydroxyl groups is 2. The van der Waals surface area contributed by atoms with E-state index in [0.717, 1.165) is 54.7 Å². The van der Waals surface area contributed by atoms with E-state index in [1.165, 1.54) is 52.9 Å². The highest BCUT2D eigenvalue weighted by atomic mass is 32.2. The van der Waals surface area contributed by atoms with Crippen LogP contribution in [0.2, 0.25) is 0 Å². The first kappa shape index (κ1) is 60.8. The molecule has 4 amide bonds. The van der Waals surface area contributed by atoms with Crippen molar-refractivity contribution in [1.29, 1.82) is 0 Å². The number of nitrogens with two attached hydrogens (primary N) is 1. The smallest absolute Gasteiger partial charge is 0.386 e. The Labute approximate surface area is 408 Å². The van der Waals surface area contributed by atoms with Crippen LogP contribution < -0.4 is 27.0 Å². The summed E-state index contributed by atoms with van der Waals surface area (Å²) in [6.07, 6.45) is 3.21. The zero-order valence-electron chi connectivity index (χ0n) is 39.2. The lowest BCUT2D eigenvalue weighted by molar-refractivity contribution is -0.137. The molecule has 1 fully saturated rings. The Hall–Kier alpha value is -3.50. The van der Waals surface area contributed by atoms with Crippen molar-refractivity contribution in [3.63, 3.8) is 0 Å². The Morgan fingerprint density at radius 1 is 0.871 bits per heavy atom. The van der Waals surface area contributed by atoms with Gasteiger partial charge in [-0.15, -0.1) is 0 Å². The first-order chi connectivity index (χ1) is 32.8. The maximum atomic E-state index is 12.7. The molecule has 0 aromatic carbocycles. The van der Waals surface area contributed by atoms with E-state index in [4.69, 9.17) is 19.5 Å². The lowest BCUT2D eigenvalue weighted by Crippen LogP contribution is -2.46. The van der Waals surface area contributed by atoms with Gasteiger partial charge in [0.1, 0.15) is 42.3 Å². The Morgan fingerprint density at radius 2 is 1.51 bits per heavy atom. The van der Waals surface area contributed by atoms with Crippen molar-refractivity contribution in [3.8, 4) is 0 Å². The minimum absolute atomic E-state index is 0.0184. The molecule has 1 aliphatic rings. The molecule has 1 aliphatic heterocycles. The summed E-state index contributed by atoms with van der Waals surface area (Å²) in [5.41, 5.74) is 4.20. The Morgan fingerprint density at radius 3 is 2.17 bits per heavy atom. The maximum absolute atomic E-state index is 12.7. The molecule has 1 saturated heterocycles. The fourth-order valence-electron chi connectivity index (χ4n) is 6.63. The topological polar surface area (TPSA) is 422 Å². The molecule has 32 heteroatoms. The standard InChI is InChI=1S/C38H66N9O19P3S/c1-5-6-7-8-9-10-11-12-13-14-27(49)46-24(2)35(53)42-19-28(50)70-18-17-40-26(48)15-16-41-36(54)32(52)38(3,4)21-63-69(60,61)66-68(58,59)62-20-25-31(65-67(55,56)57)30(51)37(64-25)47-23-45-29-33(39)43-22-44-34(29)47/h22-25,30-32,37,51-52H,5-21H2,1-4H3,(H,40,48)(H,41,54)(H,42,53)(H,46,49)(H,58,59)(H,60,61)(H2,39,43,44)(H2,55,56,57)/t24-,25+,30+,31+,32-,37+/m0/s1. The number of phosphoric ester groups is 3. The molecule has 3 rings (SSSR count). The van der Waals surface area contributed by atoms with Crippen molar-refractivity contribution in [2.75, 3.05) is 44.3 Å². The highest BCUT2D eigenvalue weighted by Gasteiger charge is 2.50. The molecule has 0 spiro atoms. The quantitative estimate of drug-likeness (QED) is 0.0353. The number of anilines is 1. The average Bonchev–Trinajstić information content (AvgIpc) is 3.84. The zero-order chi connectivity index (χ0) is 52.3. The van der Waals surface area contributed by atoms with Crippen molar-refractivity contribution < 1.29 is 90.1 Å². The predicted molar refractivity (Wildman–Crippen MR) is 250 cm³/mol. The molecule has 28 nitrogen and oxygen atoms in total. The second-order valence-electron chi connectivity index (χ2n) is 16.9. The monoisotopic (exact) mass is 1080 g/mol. The zero-order valence-corrected chi connectivity index (χ0v) is 42.7. The number of carbonyl (C=O) groups excluding carboxylic acids is 5. The van der Waals surface area contributed by atoms with Crippen LogP contribution in [0.15, 0.2) is 12.7 Å². The number of nitrogen functional groups attached to an aromatic ring is 1. The molecule has 0 saturated carbocycles. The van der Waals surface area contributed by atoms with Crippen molar-refractivity contribution in [3.05, 3.63) is 12.7 Å². The lowest BCUT2D eigenvalue weighted by Gasteiger charge is -2.30. The normalized spacial score (nSPS) is 20.0. The van der Waals surface area contributed by atoms with Gasteiger partial charge in [0.2, 0.25) is 28.7 Å². The summed E-state index contributed by atoms with van der Waals surface area (Å²) in [6, 6.07) is -0.827. The lowest BCUT2D eigenvalue weighted by atomic mass is 9.87. The predicted octanol–water partition coefficient (Wildman–Crippen LogP) is 1.21. The van der Waals surface area contributed by atoms with Gasteiger partial charge in [0, 0.05) is 37.1 Å². The third-order valence-corrected chi connectivity index (χ3v) is 14.4. The molecule has 0 aliphatic carbocycles. The molecule has 0 radical (unpaired) electrons. The third kappa shape index (κ3) is 21.3. The van der Waals surface area contributed by atoms with Crippen LogP contribution in [0, 0.1) is 5.41 Å². The van der Waals surface area contributed by atoms with Gasteiger partial charge >= 0.3 is 23.5 Å². The molecule has 2 aromatic heterocycles. The average molecular weight is 1080 g/mol. The number of hydrogen-bond acceptors (Lipinski definition) is 20. The summed E-state index contributed by atoms with van der Waals surface area (Å²) in [5.74, 6) is -2.19. The SMILES string of the molecule is CCCCCCCCCCCC(=O)N[C@@H](C)C(=O)NCC(=O)SCCNC(=O)CCNC(=O)[C@H](O)C(C)(C)COP(=O)(O)OP(=O)(O)OC[C@H]1O[C@@H](n2cnc3c(N)ncnc32)[C@H](O)[C@@H]1OP(=O)(O)O. The van der Waals surface area contributed by atoms with E-state index in [2.05, 4.69) is 52.0 Å². The van der Waals surface area contributed by atoms with Crippen LogP contribution in [0.25, 0.3) is 11.2 Å². The second kappa shape index (κ2) is 28.7.